The molecule has 1 rings (SSSR count). The molecule has 0 atom stereocenters. The van der Waals surface area contributed by atoms with Crippen molar-refractivity contribution in [1.82, 2.24) is 0 Å². The molecule has 3 nitrogen and oxygen atoms in total. The van der Waals surface area contributed by atoms with Gasteiger partial charge in [-0.05, 0) is 25.7 Å². The van der Waals surface area contributed by atoms with Crippen LogP contribution in [0.5, 0.6) is 0 Å². The molecule has 0 saturated heterocycles. The smallest absolute Gasteiger partial charge is 0.332 e. The molecule has 12 heavy (non-hydrogen) atoms. The Morgan fingerprint density at radius 1 is 1.25 bits per heavy atom. The third kappa shape index (κ3) is 3.22. The lowest BCUT2D eigenvalue weighted by Gasteiger charge is -2.13. The van der Waals surface area contributed by atoms with E-state index in [1.54, 1.807) is 0 Å². The minimum atomic E-state index is -0.490. The Morgan fingerprint density at radius 2 is 1.83 bits per heavy atom. The molecule has 0 bridgehead atoms. The highest BCUT2D eigenvalue weighted by molar-refractivity contribution is 5.70. The van der Waals surface area contributed by atoms with Crippen LogP contribution in [0.1, 0.15) is 38.5 Å². The summed E-state index contributed by atoms with van der Waals surface area (Å²) in [7, 11) is 0. The van der Waals surface area contributed by atoms with Crippen molar-refractivity contribution in [3.05, 3.63) is 0 Å². The minimum Gasteiger partial charge on any atom is -0.461 e. The van der Waals surface area contributed by atoms with E-state index in [1.807, 2.05) is 0 Å². The topological polar surface area (TPSA) is 46.5 Å². The van der Waals surface area contributed by atoms with Crippen molar-refractivity contribution < 1.29 is 14.6 Å². The number of aliphatic hydroxyl groups is 1. The van der Waals surface area contributed by atoms with Gasteiger partial charge in [-0.1, -0.05) is 12.8 Å². The van der Waals surface area contributed by atoms with E-state index in [9.17, 15) is 4.79 Å². The maximum atomic E-state index is 10.7. The van der Waals surface area contributed by atoms with Crippen LogP contribution >= 0.6 is 0 Å². The van der Waals surface area contributed by atoms with Crippen molar-refractivity contribution >= 4 is 5.97 Å². The van der Waals surface area contributed by atoms with Crippen LogP contribution < -0.4 is 0 Å². The molecule has 1 aliphatic rings. The van der Waals surface area contributed by atoms with Gasteiger partial charge in [-0.15, -0.1) is 0 Å². The summed E-state index contributed by atoms with van der Waals surface area (Å²) in [5.74, 6) is -0.484. The first-order chi connectivity index (χ1) is 5.83. The zero-order valence-electron chi connectivity index (χ0n) is 7.29. The summed E-state index contributed by atoms with van der Waals surface area (Å²) >= 11 is 0. The van der Waals surface area contributed by atoms with E-state index in [2.05, 4.69) is 0 Å². The molecular weight excluding hydrogens is 156 g/mol. The number of carbonyl (C=O) groups is 1. The molecule has 3 heteroatoms. The maximum absolute atomic E-state index is 10.7. The maximum Gasteiger partial charge on any atom is 0.332 e. The highest BCUT2D eigenvalue weighted by Gasteiger charge is 2.15. The van der Waals surface area contributed by atoms with Crippen molar-refractivity contribution in [2.24, 2.45) is 0 Å². The van der Waals surface area contributed by atoms with Gasteiger partial charge in [-0.25, -0.2) is 4.79 Å². The standard InChI is InChI=1S/C9H16O3/c10-7-9(11)12-8-5-3-1-2-4-6-8/h8,10H,1-7H2. The Balaban J connectivity index is 2.24. The number of hydrogen-bond acceptors (Lipinski definition) is 3. The van der Waals surface area contributed by atoms with Crippen LogP contribution in [0.4, 0.5) is 0 Å². The third-order valence-electron chi connectivity index (χ3n) is 2.23. The number of rotatable bonds is 2. The quantitative estimate of drug-likeness (QED) is 0.503. The first kappa shape index (κ1) is 9.52. The van der Waals surface area contributed by atoms with E-state index in [-0.39, 0.29) is 6.10 Å². The second kappa shape index (κ2) is 5.14. The van der Waals surface area contributed by atoms with Gasteiger partial charge in [-0.3, -0.25) is 0 Å². The second-order valence-corrected chi connectivity index (χ2v) is 3.26. The third-order valence-corrected chi connectivity index (χ3v) is 2.23. The molecule has 1 aliphatic carbocycles. The van der Waals surface area contributed by atoms with Gasteiger partial charge in [0.05, 0.1) is 0 Å². The fourth-order valence-electron chi connectivity index (χ4n) is 1.58. The molecule has 0 heterocycles. The normalized spacial score (nSPS) is 20.1. The van der Waals surface area contributed by atoms with Crippen LogP contribution in [0.3, 0.4) is 0 Å². The number of ether oxygens (including phenoxy) is 1. The van der Waals surface area contributed by atoms with Gasteiger partial charge < -0.3 is 9.84 Å². The predicted molar refractivity (Wildman–Crippen MR) is 44.7 cm³/mol. The molecule has 0 aromatic rings. The molecular formula is C9H16O3. The van der Waals surface area contributed by atoms with Gasteiger partial charge in [0.1, 0.15) is 12.7 Å². The fourth-order valence-corrected chi connectivity index (χ4v) is 1.58. The lowest BCUT2D eigenvalue weighted by atomic mass is 10.1. The van der Waals surface area contributed by atoms with Gasteiger partial charge in [0, 0.05) is 0 Å². The van der Waals surface area contributed by atoms with Gasteiger partial charge in [0.25, 0.3) is 0 Å². The molecule has 0 aliphatic heterocycles. The van der Waals surface area contributed by atoms with Crippen molar-refractivity contribution in [1.29, 1.82) is 0 Å². The lowest BCUT2D eigenvalue weighted by molar-refractivity contribution is -0.152. The van der Waals surface area contributed by atoms with Crippen LogP contribution in [0.2, 0.25) is 0 Å². The molecule has 1 fully saturated rings. The predicted octanol–water partition coefficient (Wildman–Crippen LogP) is 1.24. The van der Waals surface area contributed by atoms with Crippen LogP contribution in [0, 0.1) is 0 Å². The summed E-state index contributed by atoms with van der Waals surface area (Å²) < 4.78 is 5.03. The van der Waals surface area contributed by atoms with Crippen LogP contribution in [-0.2, 0) is 9.53 Å². The zero-order valence-corrected chi connectivity index (χ0v) is 7.29. The molecule has 0 amide bonds. The minimum absolute atomic E-state index is 0.0622. The first-order valence-electron chi connectivity index (χ1n) is 4.63. The largest absolute Gasteiger partial charge is 0.461 e. The number of aliphatic hydroxyl groups excluding tert-OH is 1. The van der Waals surface area contributed by atoms with E-state index < -0.39 is 12.6 Å². The molecule has 0 aromatic heterocycles. The molecule has 70 valence electrons. The van der Waals surface area contributed by atoms with Crippen LogP contribution in [-0.4, -0.2) is 23.8 Å². The van der Waals surface area contributed by atoms with Crippen molar-refractivity contribution in [2.75, 3.05) is 6.61 Å². The zero-order chi connectivity index (χ0) is 8.81. The van der Waals surface area contributed by atoms with E-state index in [1.165, 1.54) is 12.8 Å². The van der Waals surface area contributed by atoms with E-state index in [0.717, 1.165) is 25.7 Å². The Labute approximate surface area is 72.7 Å². The lowest BCUT2D eigenvalue weighted by Crippen LogP contribution is -2.19. The van der Waals surface area contributed by atoms with E-state index in [0.29, 0.717) is 0 Å². The Hall–Kier alpha value is -0.570. The highest BCUT2D eigenvalue weighted by atomic mass is 16.6. The van der Waals surface area contributed by atoms with Crippen molar-refractivity contribution in [3.8, 4) is 0 Å². The van der Waals surface area contributed by atoms with Gasteiger partial charge >= 0.3 is 5.97 Å². The van der Waals surface area contributed by atoms with Gasteiger partial charge in [0.2, 0.25) is 0 Å². The highest BCUT2D eigenvalue weighted by Crippen LogP contribution is 2.19. The summed E-state index contributed by atoms with van der Waals surface area (Å²) in [6.45, 7) is -0.490. The first-order valence-corrected chi connectivity index (χ1v) is 4.63. The van der Waals surface area contributed by atoms with Crippen molar-refractivity contribution in [3.63, 3.8) is 0 Å². The second-order valence-electron chi connectivity index (χ2n) is 3.26. The number of carbonyl (C=O) groups excluding carboxylic acids is 1. The van der Waals surface area contributed by atoms with Crippen molar-refractivity contribution in [2.45, 2.75) is 44.6 Å². The number of hydrogen-bond donors (Lipinski definition) is 1. The molecule has 0 radical (unpaired) electrons. The summed E-state index contributed by atoms with van der Waals surface area (Å²) in [5, 5.41) is 8.46. The Kier molecular flexibility index (Phi) is 4.08. The summed E-state index contributed by atoms with van der Waals surface area (Å²) in [6.07, 6.45) is 6.76. The average Bonchev–Trinajstić information content (AvgIpc) is 2.33. The van der Waals surface area contributed by atoms with Crippen LogP contribution in [0.25, 0.3) is 0 Å². The number of esters is 1. The molecule has 0 unspecified atom stereocenters. The monoisotopic (exact) mass is 172 g/mol. The van der Waals surface area contributed by atoms with E-state index >= 15 is 0 Å². The Bertz CT molecular complexity index is 137. The fraction of sp³-hybridized carbons (Fsp3) is 0.889. The van der Waals surface area contributed by atoms with Gasteiger partial charge in [0.15, 0.2) is 0 Å². The SMILES string of the molecule is O=C(CO)OC1CCCCCC1. The van der Waals surface area contributed by atoms with Gasteiger partial charge in [-0.2, -0.15) is 0 Å². The molecule has 1 saturated carbocycles. The van der Waals surface area contributed by atoms with Crippen LogP contribution in [0.15, 0.2) is 0 Å². The summed E-state index contributed by atoms with van der Waals surface area (Å²) in [5.41, 5.74) is 0. The average molecular weight is 172 g/mol. The Morgan fingerprint density at radius 3 is 2.33 bits per heavy atom. The molecule has 1 N–H and O–H groups in total. The summed E-state index contributed by atoms with van der Waals surface area (Å²) in [6, 6.07) is 0. The van der Waals surface area contributed by atoms with E-state index in [4.69, 9.17) is 9.84 Å². The molecule has 0 aromatic carbocycles. The summed E-state index contributed by atoms with van der Waals surface area (Å²) in [4.78, 5) is 10.7. The molecule has 0 spiro atoms.